The minimum absolute atomic E-state index is 0.313. The van der Waals surface area contributed by atoms with E-state index >= 15 is 0 Å². The van der Waals surface area contributed by atoms with E-state index in [2.05, 4.69) is 4.52 Å². The maximum atomic E-state index is 11.8. The number of nitrogens with zero attached hydrogens (tertiary/aromatic N) is 1. The summed E-state index contributed by atoms with van der Waals surface area (Å²) >= 11 is 0. The highest BCUT2D eigenvalue weighted by molar-refractivity contribution is 7.52. The van der Waals surface area contributed by atoms with Crippen LogP contribution in [0.2, 0.25) is 0 Å². The van der Waals surface area contributed by atoms with Gasteiger partial charge in [-0.3, -0.25) is 9.36 Å². The molecule has 1 amide bonds. The van der Waals surface area contributed by atoms with E-state index in [1.807, 2.05) is 0 Å². The van der Waals surface area contributed by atoms with Crippen LogP contribution in [0.15, 0.2) is 30.3 Å². The molecular weight excluding hydrogens is 229 g/mol. The molecule has 0 heterocycles. The molecule has 16 heavy (non-hydrogen) atoms. The molecule has 0 aliphatic rings. The van der Waals surface area contributed by atoms with Crippen LogP contribution >= 0.6 is 7.60 Å². The molecule has 0 aromatic heterocycles. The van der Waals surface area contributed by atoms with Crippen molar-refractivity contribution in [2.24, 2.45) is 0 Å². The predicted molar refractivity (Wildman–Crippen MR) is 60.2 cm³/mol. The van der Waals surface area contributed by atoms with Gasteiger partial charge in [-0.25, -0.2) is 0 Å². The van der Waals surface area contributed by atoms with Gasteiger partial charge in [0.15, 0.2) is 0 Å². The van der Waals surface area contributed by atoms with Crippen molar-refractivity contribution >= 4 is 13.5 Å². The predicted octanol–water partition coefficient (Wildman–Crippen LogP) is 1.55. The Bertz CT molecular complexity index is 407. The lowest BCUT2D eigenvalue weighted by atomic mass is 10.2. The van der Waals surface area contributed by atoms with Gasteiger partial charge in [0.1, 0.15) is 6.29 Å². The SMILES string of the molecule is COP(=O)(O)CN(C)C(=O)c1ccccc1. The fourth-order valence-corrected chi connectivity index (χ4v) is 1.97. The number of hydrogen-bond acceptors (Lipinski definition) is 3. The van der Waals surface area contributed by atoms with Crippen LogP contribution in [0.3, 0.4) is 0 Å². The Labute approximate surface area is 94.2 Å². The zero-order valence-corrected chi connectivity index (χ0v) is 10.1. The van der Waals surface area contributed by atoms with Crippen molar-refractivity contribution in [3.63, 3.8) is 0 Å². The minimum atomic E-state index is -3.70. The summed E-state index contributed by atoms with van der Waals surface area (Å²) in [6.45, 7) is 0. The summed E-state index contributed by atoms with van der Waals surface area (Å²) < 4.78 is 15.7. The van der Waals surface area contributed by atoms with Gasteiger partial charge in [-0.05, 0) is 12.1 Å². The van der Waals surface area contributed by atoms with Crippen molar-refractivity contribution in [1.82, 2.24) is 4.90 Å². The highest BCUT2D eigenvalue weighted by Crippen LogP contribution is 2.40. The molecule has 88 valence electrons. The topological polar surface area (TPSA) is 66.8 Å². The molecule has 1 unspecified atom stereocenters. The molecule has 6 heteroatoms. The van der Waals surface area contributed by atoms with Gasteiger partial charge in [-0.15, -0.1) is 0 Å². The van der Waals surface area contributed by atoms with Crippen molar-refractivity contribution in [2.45, 2.75) is 0 Å². The first-order valence-corrected chi connectivity index (χ1v) is 6.40. The third kappa shape index (κ3) is 3.45. The first kappa shape index (κ1) is 12.9. The summed E-state index contributed by atoms with van der Waals surface area (Å²) in [6, 6.07) is 8.55. The zero-order valence-electron chi connectivity index (χ0n) is 9.16. The molecule has 0 spiro atoms. The van der Waals surface area contributed by atoms with Crippen LogP contribution < -0.4 is 0 Å². The van der Waals surface area contributed by atoms with Crippen LogP contribution in [0, 0.1) is 0 Å². The second-order valence-corrected chi connectivity index (χ2v) is 5.25. The molecule has 1 rings (SSSR count). The molecule has 1 N–H and O–H groups in total. The van der Waals surface area contributed by atoms with Crippen LogP contribution in [0.25, 0.3) is 0 Å². The van der Waals surface area contributed by atoms with Crippen molar-refractivity contribution in [1.29, 1.82) is 0 Å². The lowest BCUT2D eigenvalue weighted by Gasteiger charge is -2.19. The number of carbonyl (C=O) groups is 1. The quantitative estimate of drug-likeness (QED) is 0.814. The maximum absolute atomic E-state index is 11.8. The molecule has 0 saturated heterocycles. The molecule has 0 bridgehead atoms. The van der Waals surface area contributed by atoms with Gasteiger partial charge in [-0.2, -0.15) is 0 Å². The van der Waals surface area contributed by atoms with Gasteiger partial charge in [0.2, 0.25) is 0 Å². The molecule has 0 aliphatic carbocycles. The first-order valence-electron chi connectivity index (χ1n) is 4.64. The minimum Gasteiger partial charge on any atom is -0.330 e. The zero-order chi connectivity index (χ0) is 12.2. The van der Waals surface area contributed by atoms with E-state index in [1.54, 1.807) is 30.3 Å². The van der Waals surface area contributed by atoms with Gasteiger partial charge >= 0.3 is 7.60 Å². The third-order valence-electron chi connectivity index (χ3n) is 2.04. The second kappa shape index (κ2) is 5.25. The molecule has 0 radical (unpaired) electrons. The summed E-state index contributed by atoms with van der Waals surface area (Å²) in [6.07, 6.45) is -0.322. The average Bonchev–Trinajstić information content (AvgIpc) is 2.28. The van der Waals surface area contributed by atoms with E-state index < -0.39 is 7.60 Å². The van der Waals surface area contributed by atoms with Crippen molar-refractivity contribution in [3.05, 3.63) is 35.9 Å². The normalized spacial score (nSPS) is 14.2. The Morgan fingerprint density at radius 2 is 2.00 bits per heavy atom. The second-order valence-electron chi connectivity index (χ2n) is 3.33. The van der Waals surface area contributed by atoms with Gasteiger partial charge < -0.3 is 14.3 Å². The van der Waals surface area contributed by atoms with Crippen molar-refractivity contribution in [2.75, 3.05) is 20.4 Å². The van der Waals surface area contributed by atoms with Gasteiger partial charge in [0, 0.05) is 19.7 Å². The molecule has 0 aliphatic heterocycles. The largest absolute Gasteiger partial charge is 0.347 e. The van der Waals surface area contributed by atoms with Crippen molar-refractivity contribution < 1.29 is 18.8 Å². The Balaban J connectivity index is 2.73. The first-order chi connectivity index (χ1) is 7.46. The number of hydrogen-bond donors (Lipinski definition) is 1. The Morgan fingerprint density at radius 3 is 2.50 bits per heavy atom. The van der Waals surface area contributed by atoms with Crippen LogP contribution in [0.1, 0.15) is 10.4 Å². The van der Waals surface area contributed by atoms with E-state index in [0.717, 1.165) is 7.11 Å². The van der Waals surface area contributed by atoms with E-state index in [1.165, 1.54) is 11.9 Å². The highest BCUT2D eigenvalue weighted by atomic mass is 31.2. The highest BCUT2D eigenvalue weighted by Gasteiger charge is 2.23. The van der Waals surface area contributed by atoms with Gasteiger partial charge in [0.05, 0.1) is 0 Å². The number of carbonyl (C=O) groups excluding carboxylic acids is 1. The molecule has 0 fully saturated rings. The summed E-state index contributed by atoms with van der Waals surface area (Å²) in [7, 11) is -1.10. The fraction of sp³-hybridized carbons (Fsp3) is 0.300. The summed E-state index contributed by atoms with van der Waals surface area (Å²) in [5, 5.41) is 0. The number of benzene rings is 1. The summed E-state index contributed by atoms with van der Waals surface area (Å²) in [5.41, 5.74) is 0.473. The molecule has 1 aromatic rings. The average molecular weight is 243 g/mol. The molecule has 1 aromatic carbocycles. The molecule has 5 nitrogen and oxygen atoms in total. The third-order valence-corrected chi connectivity index (χ3v) is 3.40. The summed E-state index contributed by atoms with van der Waals surface area (Å²) in [4.78, 5) is 22.2. The van der Waals surface area contributed by atoms with E-state index in [-0.39, 0.29) is 12.2 Å². The summed E-state index contributed by atoms with van der Waals surface area (Å²) in [5.74, 6) is -0.313. The van der Waals surface area contributed by atoms with Crippen molar-refractivity contribution in [3.8, 4) is 0 Å². The lowest BCUT2D eigenvalue weighted by Crippen LogP contribution is -2.27. The Kier molecular flexibility index (Phi) is 4.24. The molecule has 0 saturated carbocycles. The Morgan fingerprint density at radius 1 is 1.44 bits per heavy atom. The number of amides is 1. The monoisotopic (exact) mass is 243 g/mol. The standard InChI is InChI=1S/C10H14NO4P/c1-11(8-16(13,14)15-2)10(12)9-6-4-3-5-7-9/h3-7H,8H2,1-2H3,(H,13,14). The van der Waals surface area contributed by atoms with Gasteiger partial charge in [0.25, 0.3) is 5.91 Å². The lowest BCUT2D eigenvalue weighted by molar-refractivity contribution is 0.0807. The maximum Gasteiger partial charge on any atom is 0.347 e. The van der Waals surface area contributed by atoms with Gasteiger partial charge in [-0.1, -0.05) is 18.2 Å². The van der Waals surface area contributed by atoms with E-state index in [4.69, 9.17) is 0 Å². The van der Waals surface area contributed by atoms with Crippen LogP contribution in [0.5, 0.6) is 0 Å². The smallest absolute Gasteiger partial charge is 0.330 e. The van der Waals surface area contributed by atoms with Crippen LogP contribution in [0.4, 0.5) is 0 Å². The van der Waals surface area contributed by atoms with Crippen LogP contribution in [-0.2, 0) is 9.09 Å². The Hall–Kier alpha value is -1.16. The van der Waals surface area contributed by atoms with Crippen LogP contribution in [-0.4, -0.2) is 36.1 Å². The van der Waals surface area contributed by atoms with E-state index in [9.17, 15) is 14.3 Å². The number of rotatable bonds is 4. The molecule has 1 atom stereocenters. The van der Waals surface area contributed by atoms with E-state index in [0.29, 0.717) is 5.56 Å². The molecular formula is C10H14NO4P. The fourth-order valence-electron chi connectivity index (χ4n) is 1.19.